The van der Waals surface area contributed by atoms with E-state index in [1.807, 2.05) is 12.1 Å². The summed E-state index contributed by atoms with van der Waals surface area (Å²) in [6, 6.07) is 11.7. The molecule has 0 spiro atoms. The second-order valence-electron chi connectivity index (χ2n) is 5.08. The molecule has 0 heterocycles. The molecule has 0 fully saturated rings. The Hall–Kier alpha value is -2.26. The van der Waals surface area contributed by atoms with Gasteiger partial charge >= 0.3 is 0 Å². The molecule has 0 unspecified atom stereocenters. The molecule has 2 N–H and O–H groups in total. The van der Waals surface area contributed by atoms with Gasteiger partial charge in [0.25, 0.3) is 5.91 Å². The summed E-state index contributed by atoms with van der Waals surface area (Å²) in [5.41, 5.74) is 0.745. The van der Waals surface area contributed by atoms with Crippen molar-refractivity contribution in [3.05, 3.63) is 46.9 Å². The second kappa shape index (κ2) is 8.21. The lowest BCUT2D eigenvalue weighted by molar-refractivity contribution is -0.118. The van der Waals surface area contributed by atoms with Gasteiger partial charge in [0.15, 0.2) is 6.61 Å². The number of anilines is 2. The van der Waals surface area contributed by atoms with Gasteiger partial charge < -0.3 is 14.8 Å². The first-order chi connectivity index (χ1) is 11.8. The first kappa shape index (κ1) is 19.1. The predicted molar refractivity (Wildman–Crippen MR) is 99.7 cm³/mol. The van der Waals surface area contributed by atoms with Crippen LogP contribution in [0.15, 0.2) is 46.9 Å². The molecule has 2 rings (SSSR count). The van der Waals surface area contributed by atoms with Gasteiger partial charge in [0.2, 0.25) is 10.0 Å². The average Bonchev–Trinajstić information content (AvgIpc) is 2.54. The number of amides is 1. The number of nitrogens with one attached hydrogen (secondary N) is 2. The lowest BCUT2D eigenvalue weighted by atomic mass is 10.2. The third-order valence-electron chi connectivity index (χ3n) is 2.96. The number of sulfonamides is 1. The van der Waals surface area contributed by atoms with Crippen LogP contribution in [-0.2, 0) is 14.8 Å². The van der Waals surface area contributed by atoms with E-state index in [2.05, 4.69) is 26.0 Å². The van der Waals surface area contributed by atoms with Crippen molar-refractivity contribution in [3.8, 4) is 11.5 Å². The SMILES string of the molecule is COc1cc(NC(=O)COc2ccc(Br)cc2)ccc1NS(C)(=O)=O. The molecule has 2 aromatic carbocycles. The zero-order chi connectivity index (χ0) is 18.4. The molecule has 0 radical (unpaired) electrons. The number of hydrogen-bond donors (Lipinski definition) is 2. The molecule has 0 saturated heterocycles. The average molecular weight is 429 g/mol. The summed E-state index contributed by atoms with van der Waals surface area (Å²) in [6.07, 6.45) is 1.04. The number of halogens is 1. The monoisotopic (exact) mass is 428 g/mol. The summed E-state index contributed by atoms with van der Waals surface area (Å²) >= 11 is 3.32. The maximum atomic E-state index is 12.0. The number of methoxy groups -OCH3 is 1. The number of benzene rings is 2. The summed E-state index contributed by atoms with van der Waals surface area (Å²) in [6.45, 7) is -0.159. The Labute approximate surface area is 154 Å². The molecule has 2 aromatic rings. The van der Waals surface area contributed by atoms with Crippen molar-refractivity contribution in [2.45, 2.75) is 0 Å². The van der Waals surface area contributed by atoms with Crippen LogP contribution < -0.4 is 19.5 Å². The van der Waals surface area contributed by atoms with E-state index < -0.39 is 10.0 Å². The summed E-state index contributed by atoms with van der Waals surface area (Å²) in [5, 5.41) is 2.66. The number of carbonyl (C=O) groups excluding carboxylic acids is 1. The third kappa shape index (κ3) is 6.28. The molecule has 0 aliphatic carbocycles. The lowest BCUT2D eigenvalue weighted by Crippen LogP contribution is -2.20. The Balaban J connectivity index is 1.99. The highest BCUT2D eigenvalue weighted by Crippen LogP contribution is 2.28. The largest absolute Gasteiger partial charge is 0.494 e. The Morgan fingerprint density at radius 3 is 2.44 bits per heavy atom. The van der Waals surface area contributed by atoms with Crippen molar-refractivity contribution in [2.24, 2.45) is 0 Å². The van der Waals surface area contributed by atoms with Gasteiger partial charge in [0.1, 0.15) is 11.5 Å². The minimum atomic E-state index is -3.43. The Kier molecular flexibility index (Phi) is 6.27. The van der Waals surface area contributed by atoms with E-state index in [0.717, 1.165) is 10.7 Å². The van der Waals surface area contributed by atoms with Crippen molar-refractivity contribution in [1.82, 2.24) is 0 Å². The molecule has 0 atom stereocenters. The highest BCUT2D eigenvalue weighted by Gasteiger charge is 2.11. The van der Waals surface area contributed by atoms with Gasteiger partial charge in [-0.2, -0.15) is 0 Å². The van der Waals surface area contributed by atoms with E-state index in [9.17, 15) is 13.2 Å². The highest BCUT2D eigenvalue weighted by atomic mass is 79.9. The molecule has 0 aliphatic heterocycles. The predicted octanol–water partition coefficient (Wildman–Crippen LogP) is 2.85. The minimum Gasteiger partial charge on any atom is -0.494 e. The summed E-state index contributed by atoms with van der Waals surface area (Å²) < 4.78 is 36.4. The van der Waals surface area contributed by atoms with E-state index in [1.165, 1.54) is 19.2 Å². The molecule has 25 heavy (non-hydrogen) atoms. The maximum Gasteiger partial charge on any atom is 0.262 e. The van der Waals surface area contributed by atoms with Gasteiger partial charge in [0.05, 0.1) is 19.1 Å². The molecule has 134 valence electrons. The fraction of sp³-hybridized carbons (Fsp3) is 0.188. The standard InChI is InChI=1S/C16H17BrN2O5S/c1-23-15-9-12(5-8-14(15)19-25(2,21)22)18-16(20)10-24-13-6-3-11(17)4-7-13/h3-9,19H,10H2,1-2H3,(H,18,20). The van der Waals surface area contributed by atoms with Gasteiger partial charge in [-0.15, -0.1) is 0 Å². The molecule has 1 amide bonds. The number of carbonyl (C=O) groups is 1. The summed E-state index contributed by atoms with van der Waals surface area (Å²) in [4.78, 5) is 12.0. The number of ether oxygens (including phenoxy) is 2. The van der Waals surface area contributed by atoms with Crippen LogP contribution in [0.3, 0.4) is 0 Å². The van der Waals surface area contributed by atoms with Crippen LogP contribution in [0.25, 0.3) is 0 Å². The van der Waals surface area contributed by atoms with Gasteiger partial charge in [-0.1, -0.05) is 15.9 Å². The van der Waals surface area contributed by atoms with Crippen LogP contribution in [0.2, 0.25) is 0 Å². The number of rotatable bonds is 7. The van der Waals surface area contributed by atoms with Crippen LogP contribution in [0.5, 0.6) is 11.5 Å². The molecule has 0 bridgehead atoms. The molecule has 7 nitrogen and oxygen atoms in total. The first-order valence-corrected chi connectivity index (χ1v) is 9.79. The molecule has 0 aromatic heterocycles. The van der Waals surface area contributed by atoms with Crippen molar-refractivity contribution >= 4 is 43.2 Å². The normalized spacial score (nSPS) is 10.8. The van der Waals surface area contributed by atoms with Gasteiger partial charge in [-0.25, -0.2) is 8.42 Å². The maximum absolute atomic E-state index is 12.0. The fourth-order valence-electron chi connectivity index (χ4n) is 1.93. The van der Waals surface area contributed by atoms with Gasteiger partial charge in [-0.3, -0.25) is 9.52 Å². The quantitative estimate of drug-likeness (QED) is 0.706. The molecule has 0 aliphatic rings. The zero-order valence-corrected chi connectivity index (χ0v) is 16.0. The van der Waals surface area contributed by atoms with Gasteiger partial charge in [-0.05, 0) is 36.4 Å². The minimum absolute atomic E-state index is 0.159. The fourth-order valence-corrected chi connectivity index (χ4v) is 2.76. The first-order valence-electron chi connectivity index (χ1n) is 7.11. The van der Waals surface area contributed by atoms with Crippen LogP contribution in [-0.4, -0.2) is 34.3 Å². The third-order valence-corrected chi connectivity index (χ3v) is 4.08. The Morgan fingerprint density at radius 1 is 1.16 bits per heavy atom. The molecule has 0 saturated carbocycles. The van der Waals surface area contributed by atoms with Crippen molar-refractivity contribution in [3.63, 3.8) is 0 Å². The van der Waals surface area contributed by atoms with Crippen LogP contribution >= 0.6 is 15.9 Å². The van der Waals surface area contributed by atoms with Crippen molar-refractivity contribution in [2.75, 3.05) is 30.0 Å². The topological polar surface area (TPSA) is 93.7 Å². The van der Waals surface area contributed by atoms with Crippen LogP contribution in [0, 0.1) is 0 Å². The van der Waals surface area contributed by atoms with E-state index in [1.54, 1.807) is 18.2 Å². The van der Waals surface area contributed by atoms with Crippen LogP contribution in [0.4, 0.5) is 11.4 Å². The van der Waals surface area contributed by atoms with E-state index >= 15 is 0 Å². The molecular weight excluding hydrogens is 412 g/mol. The van der Waals surface area contributed by atoms with Crippen LogP contribution in [0.1, 0.15) is 0 Å². The van der Waals surface area contributed by atoms with Gasteiger partial charge in [0, 0.05) is 16.2 Å². The second-order valence-corrected chi connectivity index (χ2v) is 7.74. The zero-order valence-electron chi connectivity index (χ0n) is 13.6. The van der Waals surface area contributed by atoms with Crippen molar-refractivity contribution in [1.29, 1.82) is 0 Å². The molecular formula is C16H17BrN2O5S. The Bertz CT molecular complexity index is 853. The molecule has 9 heteroatoms. The number of hydrogen-bond acceptors (Lipinski definition) is 5. The van der Waals surface area contributed by atoms with Crippen molar-refractivity contribution < 1.29 is 22.7 Å². The van der Waals surface area contributed by atoms with E-state index in [0.29, 0.717) is 11.4 Å². The highest BCUT2D eigenvalue weighted by molar-refractivity contribution is 9.10. The smallest absolute Gasteiger partial charge is 0.262 e. The Morgan fingerprint density at radius 2 is 1.84 bits per heavy atom. The van der Waals surface area contributed by atoms with E-state index in [-0.39, 0.29) is 24.0 Å². The van der Waals surface area contributed by atoms with E-state index in [4.69, 9.17) is 9.47 Å². The lowest BCUT2D eigenvalue weighted by Gasteiger charge is -2.12. The summed E-state index contributed by atoms with van der Waals surface area (Å²) in [7, 11) is -2.02. The summed E-state index contributed by atoms with van der Waals surface area (Å²) in [5.74, 6) is 0.509.